The molecule has 76 valence electrons. The Morgan fingerprint density at radius 2 is 1.62 bits per heavy atom. The first-order valence-electron chi connectivity index (χ1n) is 5.46. The van der Waals surface area contributed by atoms with Crippen LogP contribution in [0.5, 0.6) is 0 Å². The molecule has 13 heavy (non-hydrogen) atoms. The topological polar surface area (TPSA) is 27.3 Å². The van der Waals surface area contributed by atoms with Gasteiger partial charge in [0.2, 0.25) is 0 Å². The molecule has 2 heterocycles. The summed E-state index contributed by atoms with van der Waals surface area (Å²) in [7, 11) is 2.15. The third-order valence-electron chi connectivity index (χ3n) is 3.22. The molecule has 2 aliphatic heterocycles. The van der Waals surface area contributed by atoms with Gasteiger partial charge in [-0.25, -0.2) is 0 Å². The second kappa shape index (κ2) is 4.40. The Hall–Kier alpha value is -0.120. The van der Waals surface area contributed by atoms with E-state index in [-0.39, 0.29) is 0 Å². The molecule has 0 aromatic heterocycles. The minimum Gasteiger partial charge on any atom is -0.316 e. The van der Waals surface area contributed by atoms with Crippen molar-refractivity contribution < 1.29 is 0 Å². The van der Waals surface area contributed by atoms with Crippen LogP contribution in [0, 0.1) is 11.8 Å². The zero-order valence-electron chi connectivity index (χ0n) is 8.55. The molecule has 0 aromatic carbocycles. The first-order valence-corrected chi connectivity index (χ1v) is 5.46. The van der Waals surface area contributed by atoms with Crippen molar-refractivity contribution in [3.8, 4) is 0 Å². The molecule has 2 saturated heterocycles. The average molecular weight is 183 g/mol. The van der Waals surface area contributed by atoms with Crippen molar-refractivity contribution in [3.63, 3.8) is 0 Å². The van der Waals surface area contributed by atoms with Gasteiger partial charge >= 0.3 is 0 Å². The fraction of sp³-hybridized carbons (Fsp3) is 1.00. The van der Waals surface area contributed by atoms with Gasteiger partial charge in [-0.1, -0.05) is 0 Å². The van der Waals surface area contributed by atoms with Gasteiger partial charge in [0.05, 0.1) is 0 Å². The molecular weight excluding hydrogens is 162 g/mol. The molecule has 2 unspecified atom stereocenters. The summed E-state index contributed by atoms with van der Waals surface area (Å²) in [6, 6.07) is 0. The number of nitrogens with one attached hydrogen (secondary N) is 2. The van der Waals surface area contributed by atoms with Gasteiger partial charge < -0.3 is 15.5 Å². The number of likely N-dealkylation sites (N-methyl/N-ethyl adjacent to an activating group) is 1. The minimum atomic E-state index is 1.10. The van der Waals surface area contributed by atoms with E-state index in [0.717, 1.165) is 24.9 Å². The lowest BCUT2D eigenvalue weighted by Crippen LogP contribution is -2.40. The smallest absolute Gasteiger partial charge is 0.0104 e. The molecule has 0 spiro atoms. The van der Waals surface area contributed by atoms with Gasteiger partial charge in [-0.2, -0.15) is 0 Å². The number of rotatable bonds is 0. The summed E-state index contributed by atoms with van der Waals surface area (Å²) in [5, 5.41) is 6.60. The number of hydrogen-bond acceptors (Lipinski definition) is 3. The Kier molecular flexibility index (Phi) is 3.19. The van der Waals surface area contributed by atoms with Crippen LogP contribution in [0.15, 0.2) is 0 Å². The van der Waals surface area contributed by atoms with E-state index in [0.29, 0.717) is 0 Å². The molecule has 1 aliphatic carbocycles. The summed E-state index contributed by atoms with van der Waals surface area (Å²) in [5.41, 5.74) is 0. The van der Waals surface area contributed by atoms with E-state index in [4.69, 9.17) is 0 Å². The molecular formula is C10H21N3. The van der Waals surface area contributed by atoms with Gasteiger partial charge in [0.15, 0.2) is 0 Å². The van der Waals surface area contributed by atoms with Crippen LogP contribution in [0.1, 0.15) is 6.42 Å². The van der Waals surface area contributed by atoms with Crippen molar-refractivity contribution in [1.82, 2.24) is 15.5 Å². The summed E-state index contributed by atoms with van der Waals surface area (Å²) in [6.07, 6.45) is 1.52. The quantitative estimate of drug-likeness (QED) is 0.542. The molecule has 3 rings (SSSR count). The number of piperidine rings is 1. The largest absolute Gasteiger partial charge is 0.316 e. The van der Waals surface area contributed by atoms with Gasteiger partial charge in [-0.15, -0.1) is 0 Å². The summed E-state index contributed by atoms with van der Waals surface area (Å²) < 4.78 is 0. The molecule has 0 aromatic rings. The number of piperazine rings is 1. The highest BCUT2D eigenvalue weighted by molar-refractivity contribution is 4.94. The standard InChI is InChI=1S/C5H12N2.C5H9N/c1-7-4-2-6-3-5-7;1-4-2-6-3-5(1)4/h6H,2-5H2,1H3;4-6H,1-3H2. The van der Waals surface area contributed by atoms with Gasteiger partial charge in [0.25, 0.3) is 0 Å². The molecule has 0 bridgehead atoms. The highest BCUT2D eigenvalue weighted by Gasteiger charge is 2.40. The number of fused-ring (bicyclic) bond motifs is 1. The Balaban J connectivity index is 0.000000101. The first-order chi connectivity index (χ1) is 6.36. The van der Waals surface area contributed by atoms with E-state index in [1.807, 2.05) is 0 Å². The van der Waals surface area contributed by atoms with E-state index < -0.39 is 0 Å². The van der Waals surface area contributed by atoms with Crippen molar-refractivity contribution in [2.45, 2.75) is 6.42 Å². The average Bonchev–Trinajstić information content (AvgIpc) is 2.76. The monoisotopic (exact) mass is 183 g/mol. The van der Waals surface area contributed by atoms with E-state index in [1.54, 1.807) is 0 Å². The molecule has 0 amide bonds. The highest BCUT2D eigenvalue weighted by Crippen LogP contribution is 2.40. The van der Waals surface area contributed by atoms with Gasteiger partial charge in [-0.3, -0.25) is 0 Å². The van der Waals surface area contributed by atoms with Crippen molar-refractivity contribution in [1.29, 1.82) is 0 Å². The maximum atomic E-state index is 3.32. The molecule has 2 N–H and O–H groups in total. The van der Waals surface area contributed by atoms with Crippen LogP contribution in [0.2, 0.25) is 0 Å². The normalized spacial score (nSPS) is 37.6. The fourth-order valence-electron chi connectivity index (χ4n) is 2.04. The summed E-state index contributed by atoms with van der Waals surface area (Å²) in [6.45, 7) is 7.36. The molecule has 2 atom stereocenters. The lowest BCUT2D eigenvalue weighted by Gasteiger charge is -2.21. The van der Waals surface area contributed by atoms with Crippen LogP contribution < -0.4 is 10.6 Å². The van der Waals surface area contributed by atoms with E-state index in [9.17, 15) is 0 Å². The third kappa shape index (κ3) is 2.93. The van der Waals surface area contributed by atoms with Crippen LogP contribution in [0.4, 0.5) is 0 Å². The second-order valence-corrected chi connectivity index (χ2v) is 4.47. The predicted molar refractivity (Wildman–Crippen MR) is 54.8 cm³/mol. The van der Waals surface area contributed by atoms with Crippen LogP contribution in [0.3, 0.4) is 0 Å². The van der Waals surface area contributed by atoms with Crippen molar-refractivity contribution in [2.75, 3.05) is 46.3 Å². The molecule has 1 saturated carbocycles. The summed E-state index contributed by atoms with van der Waals surface area (Å²) >= 11 is 0. The van der Waals surface area contributed by atoms with E-state index in [1.165, 1.54) is 32.6 Å². The lowest BCUT2D eigenvalue weighted by atomic mass is 10.4. The molecule has 3 fully saturated rings. The first kappa shape index (κ1) is 9.44. The van der Waals surface area contributed by atoms with Crippen LogP contribution >= 0.6 is 0 Å². The lowest BCUT2D eigenvalue weighted by molar-refractivity contribution is 0.291. The zero-order valence-corrected chi connectivity index (χ0v) is 8.55. The Bertz CT molecular complexity index is 146. The fourth-order valence-corrected chi connectivity index (χ4v) is 2.04. The van der Waals surface area contributed by atoms with Gasteiger partial charge in [0, 0.05) is 26.2 Å². The second-order valence-electron chi connectivity index (χ2n) is 4.47. The predicted octanol–water partition coefficient (Wildman–Crippen LogP) is -0.253. The van der Waals surface area contributed by atoms with Crippen LogP contribution in [-0.4, -0.2) is 51.2 Å². The minimum absolute atomic E-state index is 1.10. The van der Waals surface area contributed by atoms with Crippen molar-refractivity contribution >= 4 is 0 Å². The molecule has 3 heteroatoms. The van der Waals surface area contributed by atoms with E-state index >= 15 is 0 Å². The zero-order chi connectivity index (χ0) is 9.10. The highest BCUT2D eigenvalue weighted by atomic mass is 15.2. The summed E-state index contributed by atoms with van der Waals surface area (Å²) in [4.78, 5) is 2.33. The Morgan fingerprint density at radius 1 is 1.00 bits per heavy atom. The molecule has 0 radical (unpaired) electrons. The van der Waals surface area contributed by atoms with Crippen LogP contribution in [-0.2, 0) is 0 Å². The molecule has 3 nitrogen and oxygen atoms in total. The van der Waals surface area contributed by atoms with Gasteiger partial charge in [-0.05, 0) is 38.4 Å². The summed E-state index contributed by atoms with van der Waals surface area (Å²) in [5.74, 6) is 2.20. The maximum absolute atomic E-state index is 3.32. The third-order valence-corrected chi connectivity index (χ3v) is 3.22. The van der Waals surface area contributed by atoms with Gasteiger partial charge in [0.1, 0.15) is 0 Å². The SMILES string of the molecule is C1NCC2CC12.CN1CCNCC1. The van der Waals surface area contributed by atoms with Crippen LogP contribution in [0.25, 0.3) is 0 Å². The van der Waals surface area contributed by atoms with Crippen molar-refractivity contribution in [3.05, 3.63) is 0 Å². The molecule has 3 aliphatic rings. The number of nitrogens with zero attached hydrogens (tertiary/aromatic N) is 1. The Morgan fingerprint density at radius 3 is 1.85 bits per heavy atom. The van der Waals surface area contributed by atoms with E-state index in [2.05, 4.69) is 22.6 Å². The number of hydrogen-bond donors (Lipinski definition) is 2. The maximum Gasteiger partial charge on any atom is 0.0104 e. The van der Waals surface area contributed by atoms with Crippen molar-refractivity contribution in [2.24, 2.45) is 11.8 Å². The Labute approximate surface area is 80.9 Å².